The fourth-order valence-electron chi connectivity index (χ4n) is 2.58. The molecule has 6 heteroatoms. The molecule has 0 aliphatic heterocycles. The molecule has 2 unspecified atom stereocenters. The Hall–Kier alpha value is -1.72. The molecule has 1 aromatic rings. The summed E-state index contributed by atoms with van der Waals surface area (Å²) >= 11 is 0. The fourth-order valence-corrected chi connectivity index (χ4v) is 2.58. The molecule has 1 fully saturated rings. The van der Waals surface area contributed by atoms with Gasteiger partial charge in [0.2, 0.25) is 0 Å². The molecule has 1 aliphatic carbocycles. The Bertz CT molecular complexity index is 514. The highest BCUT2D eigenvalue weighted by Crippen LogP contribution is 2.33. The minimum Gasteiger partial charge on any atom is -0.478 e. The third-order valence-corrected chi connectivity index (χ3v) is 3.63. The zero-order valence-corrected chi connectivity index (χ0v) is 11.0. The van der Waals surface area contributed by atoms with Crippen LogP contribution < -0.4 is 5.32 Å². The van der Waals surface area contributed by atoms with Crippen LogP contribution in [0.25, 0.3) is 0 Å². The maximum atomic E-state index is 12.6. The first-order valence-electron chi connectivity index (χ1n) is 6.48. The molecule has 0 saturated heterocycles. The van der Waals surface area contributed by atoms with Crippen LogP contribution >= 0.6 is 0 Å². The van der Waals surface area contributed by atoms with Crippen molar-refractivity contribution in [1.29, 1.82) is 0 Å². The van der Waals surface area contributed by atoms with Crippen LogP contribution in [0.3, 0.4) is 0 Å². The van der Waals surface area contributed by atoms with Gasteiger partial charge in [0.25, 0.3) is 0 Å². The number of hydrogen-bond acceptors (Lipinski definition) is 2. The quantitative estimate of drug-likeness (QED) is 0.883. The van der Waals surface area contributed by atoms with Crippen molar-refractivity contribution in [3.05, 3.63) is 29.3 Å². The van der Waals surface area contributed by atoms with E-state index < -0.39 is 17.7 Å². The van der Waals surface area contributed by atoms with Crippen molar-refractivity contribution in [3.63, 3.8) is 0 Å². The van der Waals surface area contributed by atoms with Gasteiger partial charge in [0.15, 0.2) is 0 Å². The van der Waals surface area contributed by atoms with Gasteiger partial charge < -0.3 is 10.4 Å². The molecule has 0 heterocycles. The van der Waals surface area contributed by atoms with E-state index in [1.165, 1.54) is 6.07 Å². The van der Waals surface area contributed by atoms with Crippen LogP contribution in [-0.4, -0.2) is 17.1 Å². The summed E-state index contributed by atoms with van der Waals surface area (Å²) in [6, 6.07) is 2.92. The van der Waals surface area contributed by atoms with E-state index in [1.807, 2.05) is 0 Å². The van der Waals surface area contributed by atoms with Gasteiger partial charge in [0.05, 0.1) is 11.1 Å². The van der Waals surface area contributed by atoms with Crippen LogP contribution in [-0.2, 0) is 6.18 Å². The summed E-state index contributed by atoms with van der Waals surface area (Å²) in [6.07, 6.45) is -1.69. The lowest BCUT2D eigenvalue weighted by molar-refractivity contribution is -0.137. The van der Waals surface area contributed by atoms with E-state index in [-0.39, 0.29) is 17.3 Å². The van der Waals surface area contributed by atoms with Crippen LogP contribution in [0.5, 0.6) is 0 Å². The van der Waals surface area contributed by atoms with Crippen LogP contribution in [0.15, 0.2) is 18.2 Å². The molecule has 0 amide bonds. The molecule has 110 valence electrons. The van der Waals surface area contributed by atoms with Gasteiger partial charge in [-0.3, -0.25) is 0 Å². The Balaban J connectivity index is 2.26. The number of alkyl halides is 3. The number of anilines is 1. The van der Waals surface area contributed by atoms with Gasteiger partial charge in [-0.1, -0.05) is 6.92 Å². The highest BCUT2D eigenvalue weighted by Gasteiger charge is 2.32. The highest BCUT2D eigenvalue weighted by atomic mass is 19.4. The summed E-state index contributed by atoms with van der Waals surface area (Å²) < 4.78 is 37.8. The van der Waals surface area contributed by atoms with Crippen molar-refractivity contribution in [2.45, 2.75) is 38.4 Å². The van der Waals surface area contributed by atoms with Crippen molar-refractivity contribution in [2.75, 3.05) is 5.32 Å². The molecule has 1 aromatic carbocycles. The van der Waals surface area contributed by atoms with Crippen LogP contribution in [0, 0.1) is 5.92 Å². The zero-order valence-electron chi connectivity index (χ0n) is 11.0. The standard InChI is InChI=1S/C14H16F3NO2/c1-8-2-4-10(6-8)18-12-5-3-9(14(15,16)17)7-11(12)13(19)20/h3,5,7-8,10,18H,2,4,6H2,1H3,(H,19,20). The van der Waals surface area contributed by atoms with Crippen LogP contribution in [0.4, 0.5) is 18.9 Å². The zero-order chi connectivity index (χ0) is 14.9. The second-order valence-electron chi connectivity index (χ2n) is 5.32. The van der Waals surface area contributed by atoms with Gasteiger partial charge >= 0.3 is 12.1 Å². The molecule has 1 aliphatic rings. The first-order valence-corrected chi connectivity index (χ1v) is 6.48. The number of halogens is 3. The van der Waals surface area contributed by atoms with Gasteiger partial charge in [0, 0.05) is 11.7 Å². The Morgan fingerprint density at radius 3 is 2.55 bits per heavy atom. The largest absolute Gasteiger partial charge is 0.478 e. The number of hydrogen-bond donors (Lipinski definition) is 2. The third-order valence-electron chi connectivity index (χ3n) is 3.63. The lowest BCUT2D eigenvalue weighted by Gasteiger charge is -2.17. The van der Waals surface area contributed by atoms with Crippen LogP contribution in [0.1, 0.15) is 42.1 Å². The van der Waals surface area contributed by atoms with Gasteiger partial charge in [-0.2, -0.15) is 13.2 Å². The molecule has 20 heavy (non-hydrogen) atoms. The Morgan fingerprint density at radius 2 is 2.05 bits per heavy atom. The van der Waals surface area contributed by atoms with Gasteiger partial charge in [-0.25, -0.2) is 4.79 Å². The van der Waals surface area contributed by atoms with Crippen molar-refractivity contribution in [1.82, 2.24) is 0 Å². The number of benzene rings is 1. The maximum absolute atomic E-state index is 12.6. The lowest BCUT2D eigenvalue weighted by Crippen LogP contribution is -2.18. The van der Waals surface area contributed by atoms with E-state index in [0.717, 1.165) is 25.3 Å². The normalized spacial score (nSPS) is 22.8. The molecule has 3 nitrogen and oxygen atoms in total. The summed E-state index contributed by atoms with van der Waals surface area (Å²) in [4.78, 5) is 11.1. The maximum Gasteiger partial charge on any atom is 0.416 e. The van der Waals surface area contributed by atoms with Crippen molar-refractivity contribution in [2.24, 2.45) is 5.92 Å². The summed E-state index contributed by atoms with van der Waals surface area (Å²) in [5, 5.41) is 12.1. The first kappa shape index (κ1) is 14.7. The van der Waals surface area contributed by atoms with E-state index in [0.29, 0.717) is 12.0 Å². The molecular weight excluding hydrogens is 271 g/mol. The molecule has 2 atom stereocenters. The topological polar surface area (TPSA) is 49.3 Å². The summed E-state index contributed by atoms with van der Waals surface area (Å²) in [7, 11) is 0. The highest BCUT2D eigenvalue weighted by molar-refractivity contribution is 5.94. The Labute approximate surface area is 114 Å². The predicted molar refractivity (Wildman–Crippen MR) is 68.8 cm³/mol. The number of carboxylic acid groups (broad SMARTS) is 1. The average Bonchev–Trinajstić information content (AvgIpc) is 2.73. The number of carbonyl (C=O) groups is 1. The van der Waals surface area contributed by atoms with Crippen LogP contribution in [0.2, 0.25) is 0 Å². The smallest absolute Gasteiger partial charge is 0.416 e. The number of aromatic carboxylic acids is 1. The lowest BCUT2D eigenvalue weighted by atomic mass is 10.1. The van der Waals surface area contributed by atoms with E-state index in [4.69, 9.17) is 5.11 Å². The van der Waals surface area contributed by atoms with E-state index in [1.54, 1.807) is 0 Å². The van der Waals surface area contributed by atoms with Gasteiger partial charge in [-0.05, 0) is 43.4 Å². The molecular formula is C14H16F3NO2. The second-order valence-corrected chi connectivity index (χ2v) is 5.32. The minimum absolute atomic E-state index is 0.125. The molecule has 2 rings (SSSR count). The molecule has 0 spiro atoms. The molecule has 0 aromatic heterocycles. The Morgan fingerprint density at radius 1 is 1.35 bits per heavy atom. The molecule has 2 N–H and O–H groups in total. The van der Waals surface area contributed by atoms with Crippen molar-refractivity contribution >= 4 is 11.7 Å². The number of nitrogens with one attached hydrogen (secondary N) is 1. The Kier molecular flexibility index (Phi) is 3.92. The molecule has 0 radical (unpaired) electrons. The summed E-state index contributed by atoms with van der Waals surface area (Å²) in [6.45, 7) is 2.10. The van der Waals surface area contributed by atoms with Gasteiger partial charge in [-0.15, -0.1) is 0 Å². The van der Waals surface area contributed by atoms with Crippen molar-refractivity contribution in [3.8, 4) is 0 Å². The predicted octanol–water partition coefficient (Wildman–Crippen LogP) is 4.00. The molecule has 0 bridgehead atoms. The SMILES string of the molecule is CC1CCC(Nc2ccc(C(F)(F)F)cc2C(=O)O)C1. The molecule has 1 saturated carbocycles. The van der Waals surface area contributed by atoms with E-state index in [9.17, 15) is 18.0 Å². The first-order chi connectivity index (χ1) is 9.27. The number of carboxylic acids is 1. The number of rotatable bonds is 3. The summed E-state index contributed by atoms with van der Waals surface area (Å²) in [5.74, 6) is -0.806. The fraction of sp³-hybridized carbons (Fsp3) is 0.500. The average molecular weight is 287 g/mol. The monoisotopic (exact) mass is 287 g/mol. The van der Waals surface area contributed by atoms with E-state index in [2.05, 4.69) is 12.2 Å². The third kappa shape index (κ3) is 3.23. The summed E-state index contributed by atoms with van der Waals surface area (Å²) in [5.41, 5.74) is -1.02. The minimum atomic E-state index is -4.54. The van der Waals surface area contributed by atoms with Gasteiger partial charge in [0.1, 0.15) is 0 Å². The van der Waals surface area contributed by atoms with E-state index >= 15 is 0 Å². The van der Waals surface area contributed by atoms with Crippen molar-refractivity contribution < 1.29 is 23.1 Å². The second kappa shape index (κ2) is 5.34.